The highest BCUT2D eigenvalue weighted by Crippen LogP contribution is 2.30. The Morgan fingerprint density at radius 1 is 1.43 bits per heavy atom. The summed E-state index contributed by atoms with van der Waals surface area (Å²) in [6.07, 6.45) is 3.08. The third-order valence-corrected chi connectivity index (χ3v) is 2.87. The molecule has 1 aliphatic rings. The first-order valence-corrected chi connectivity index (χ1v) is 5.34. The van der Waals surface area contributed by atoms with Crippen LogP contribution in [0.2, 0.25) is 0 Å². The molecule has 1 unspecified atom stereocenters. The zero-order chi connectivity index (χ0) is 10.3. The average Bonchev–Trinajstić information content (AvgIpc) is 2.45. The van der Waals surface area contributed by atoms with E-state index in [4.69, 9.17) is 10.2 Å². The summed E-state index contributed by atoms with van der Waals surface area (Å²) in [6, 6.07) is 2.50. The lowest BCUT2D eigenvalue weighted by atomic mass is 9.91. The topological polar surface area (TPSA) is 39.2 Å². The Kier molecular flexibility index (Phi) is 2.18. The van der Waals surface area contributed by atoms with Gasteiger partial charge in [0.2, 0.25) is 0 Å². The fourth-order valence-corrected chi connectivity index (χ4v) is 1.90. The van der Waals surface area contributed by atoms with Gasteiger partial charge in [0.05, 0.1) is 0 Å². The molecule has 1 aromatic rings. The molecule has 2 N–H and O–H groups in total. The van der Waals surface area contributed by atoms with E-state index in [-0.39, 0.29) is 5.41 Å². The minimum Gasteiger partial charge on any atom is -0.465 e. The minimum absolute atomic E-state index is 0.113. The number of fused-ring (bicyclic) bond motifs is 1. The summed E-state index contributed by atoms with van der Waals surface area (Å²) < 4.78 is 5.86. The summed E-state index contributed by atoms with van der Waals surface area (Å²) in [7, 11) is 0. The van der Waals surface area contributed by atoms with E-state index in [1.165, 1.54) is 5.56 Å². The Morgan fingerprint density at radius 3 is 2.79 bits per heavy atom. The Hall–Kier alpha value is -0.760. The van der Waals surface area contributed by atoms with Gasteiger partial charge in [0, 0.05) is 17.9 Å². The first-order chi connectivity index (χ1) is 6.47. The van der Waals surface area contributed by atoms with Crippen molar-refractivity contribution in [2.75, 3.05) is 0 Å². The highest BCUT2D eigenvalue weighted by molar-refractivity contribution is 5.28. The van der Waals surface area contributed by atoms with E-state index in [9.17, 15) is 0 Å². The number of furan rings is 1. The molecule has 0 bridgehead atoms. The first kappa shape index (κ1) is 9.78. The maximum Gasteiger partial charge on any atom is 0.109 e. The zero-order valence-electron chi connectivity index (χ0n) is 9.26. The van der Waals surface area contributed by atoms with Crippen molar-refractivity contribution in [1.29, 1.82) is 0 Å². The van der Waals surface area contributed by atoms with Crippen LogP contribution < -0.4 is 5.73 Å². The summed E-state index contributed by atoms with van der Waals surface area (Å²) in [5.41, 5.74) is 7.39. The van der Waals surface area contributed by atoms with Gasteiger partial charge < -0.3 is 10.2 Å². The van der Waals surface area contributed by atoms with E-state index < -0.39 is 0 Å². The van der Waals surface area contributed by atoms with E-state index in [0.717, 1.165) is 30.8 Å². The monoisotopic (exact) mass is 193 g/mol. The molecule has 78 valence electrons. The quantitative estimate of drug-likeness (QED) is 0.687. The van der Waals surface area contributed by atoms with Crippen LogP contribution in [0, 0.1) is 0 Å². The Labute approximate surface area is 85.5 Å². The molecule has 2 rings (SSSR count). The van der Waals surface area contributed by atoms with Crippen LogP contribution in [-0.4, -0.2) is 6.04 Å². The highest BCUT2D eigenvalue weighted by atomic mass is 16.3. The van der Waals surface area contributed by atoms with Gasteiger partial charge in [0.15, 0.2) is 0 Å². The molecule has 0 radical (unpaired) electrons. The van der Waals surface area contributed by atoms with Gasteiger partial charge >= 0.3 is 0 Å². The van der Waals surface area contributed by atoms with Crippen molar-refractivity contribution in [3.8, 4) is 0 Å². The molecular formula is C12H19NO. The van der Waals surface area contributed by atoms with Crippen LogP contribution in [0.15, 0.2) is 10.5 Å². The Morgan fingerprint density at radius 2 is 2.14 bits per heavy atom. The third kappa shape index (κ3) is 1.71. The molecule has 1 atom stereocenters. The lowest BCUT2D eigenvalue weighted by molar-refractivity contribution is 0.370. The van der Waals surface area contributed by atoms with Crippen LogP contribution in [-0.2, 0) is 18.3 Å². The summed E-state index contributed by atoms with van der Waals surface area (Å²) in [4.78, 5) is 0. The van der Waals surface area contributed by atoms with E-state index in [2.05, 4.69) is 26.8 Å². The van der Waals surface area contributed by atoms with Crippen LogP contribution in [0.5, 0.6) is 0 Å². The molecule has 1 aromatic heterocycles. The van der Waals surface area contributed by atoms with Gasteiger partial charge in [-0.25, -0.2) is 0 Å². The molecule has 0 saturated carbocycles. The van der Waals surface area contributed by atoms with Crippen molar-refractivity contribution in [3.05, 3.63) is 23.2 Å². The van der Waals surface area contributed by atoms with Crippen LogP contribution in [0.3, 0.4) is 0 Å². The van der Waals surface area contributed by atoms with Crippen molar-refractivity contribution in [3.63, 3.8) is 0 Å². The van der Waals surface area contributed by atoms with Gasteiger partial charge in [-0.3, -0.25) is 0 Å². The molecule has 0 fully saturated rings. The fourth-order valence-electron chi connectivity index (χ4n) is 1.90. The molecule has 1 heterocycles. The molecule has 0 saturated heterocycles. The fraction of sp³-hybridized carbons (Fsp3) is 0.667. The van der Waals surface area contributed by atoms with E-state index in [0.29, 0.717) is 6.04 Å². The van der Waals surface area contributed by atoms with Crippen molar-refractivity contribution in [1.82, 2.24) is 0 Å². The van der Waals surface area contributed by atoms with Gasteiger partial charge in [0.25, 0.3) is 0 Å². The molecule has 0 spiro atoms. The first-order valence-electron chi connectivity index (χ1n) is 5.34. The minimum atomic E-state index is 0.113. The summed E-state index contributed by atoms with van der Waals surface area (Å²) in [5.74, 6) is 2.21. The molecule has 2 heteroatoms. The number of hydrogen-bond donors (Lipinski definition) is 1. The zero-order valence-corrected chi connectivity index (χ0v) is 9.26. The number of rotatable bonds is 0. The maximum atomic E-state index is 5.91. The van der Waals surface area contributed by atoms with Crippen molar-refractivity contribution >= 4 is 0 Å². The summed E-state index contributed by atoms with van der Waals surface area (Å²) in [6.45, 7) is 6.53. The molecular weight excluding hydrogens is 174 g/mol. The van der Waals surface area contributed by atoms with Gasteiger partial charge in [-0.1, -0.05) is 20.8 Å². The average molecular weight is 193 g/mol. The predicted octanol–water partition coefficient (Wildman–Crippen LogP) is 2.39. The normalized spacial score (nSPS) is 22.1. The van der Waals surface area contributed by atoms with Crippen molar-refractivity contribution in [2.45, 2.75) is 51.5 Å². The van der Waals surface area contributed by atoms with Crippen LogP contribution in [0.4, 0.5) is 0 Å². The molecule has 0 amide bonds. The smallest absolute Gasteiger partial charge is 0.109 e. The Balaban J connectivity index is 2.32. The van der Waals surface area contributed by atoms with Gasteiger partial charge in [-0.15, -0.1) is 0 Å². The van der Waals surface area contributed by atoms with Crippen LogP contribution in [0.1, 0.15) is 44.3 Å². The van der Waals surface area contributed by atoms with Crippen LogP contribution >= 0.6 is 0 Å². The third-order valence-electron chi connectivity index (χ3n) is 2.87. The van der Waals surface area contributed by atoms with Crippen molar-refractivity contribution < 1.29 is 4.42 Å². The SMILES string of the molecule is CC(C)(C)c1cc2c(o1)CC(N)CC2. The summed E-state index contributed by atoms with van der Waals surface area (Å²) in [5, 5.41) is 0. The molecule has 14 heavy (non-hydrogen) atoms. The van der Waals surface area contributed by atoms with Crippen LogP contribution in [0.25, 0.3) is 0 Å². The number of nitrogens with two attached hydrogens (primary N) is 1. The second-order valence-corrected chi connectivity index (χ2v) is 5.31. The maximum absolute atomic E-state index is 5.91. The number of aryl methyl sites for hydroxylation is 1. The van der Waals surface area contributed by atoms with E-state index >= 15 is 0 Å². The molecule has 0 aliphatic heterocycles. The standard InChI is InChI=1S/C12H19NO/c1-12(2,3)11-6-8-4-5-9(13)7-10(8)14-11/h6,9H,4-5,7,13H2,1-3H3. The lowest BCUT2D eigenvalue weighted by Crippen LogP contribution is -2.26. The Bertz CT molecular complexity index is 333. The van der Waals surface area contributed by atoms with E-state index in [1.807, 2.05) is 0 Å². The summed E-state index contributed by atoms with van der Waals surface area (Å²) >= 11 is 0. The molecule has 0 aromatic carbocycles. The van der Waals surface area contributed by atoms with Gasteiger partial charge in [-0.05, 0) is 24.5 Å². The molecule has 2 nitrogen and oxygen atoms in total. The van der Waals surface area contributed by atoms with Gasteiger partial charge in [-0.2, -0.15) is 0 Å². The second-order valence-electron chi connectivity index (χ2n) is 5.31. The van der Waals surface area contributed by atoms with Gasteiger partial charge in [0.1, 0.15) is 11.5 Å². The second kappa shape index (κ2) is 3.13. The predicted molar refractivity (Wildman–Crippen MR) is 57.4 cm³/mol. The largest absolute Gasteiger partial charge is 0.465 e. The van der Waals surface area contributed by atoms with E-state index in [1.54, 1.807) is 0 Å². The number of hydrogen-bond acceptors (Lipinski definition) is 2. The lowest BCUT2D eigenvalue weighted by Gasteiger charge is -2.16. The van der Waals surface area contributed by atoms with Crippen molar-refractivity contribution in [2.24, 2.45) is 5.73 Å². The highest BCUT2D eigenvalue weighted by Gasteiger charge is 2.25. The molecule has 1 aliphatic carbocycles.